The van der Waals surface area contributed by atoms with Crippen LogP contribution in [0.5, 0.6) is 5.75 Å². The van der Waals surface area contributed by atoms with Crippen molar-refractivity contribution < 1.29 is 19.0 Å². The fourth-order valence-corrected chi connectivity index (χ4v) is 2.97. The highest BCUT2D eigenvalue weighted by molar-refractivity contribution is 6.31. The van der Waals surface area contributed by atoms with Crippen LogP contribution in [0, 0.1) is 5.82 Å². The van der Waals surface area contributed by atoms with Crippen molar-refractivity contribution >= 4 is 34.9 Å². The van der Waals surface area contributed by atoms with Gasteiger partial charge in [-0.25, -0.2) is 9.18 Å². The van der Waals surface area contributed by atoms with Crippen LogP contribution in [0.4, 0.5) is 10.1 Å². The molecule has 3 aromatic rings. The molecule has 0 radical (unpaired) electrons. The SMILES string of the molecule is O=C(O)c1ccc(NCc2cc(Cl)ccc2OCc2ccc(F)cc2Cl)cc1. The molecule has 0 bridgehead atoms. The molecule has 0 unspecified atom stereocenters. The molecule has 0 aromatic heterocycles. The summed E-state index contributed by atoms with van der Waals surface area (Å²) in [6, 6.07) is 15.8. The Balaban J connectivity index is 1.70. The van der Waals surface area contributed by atoms with Gasteiger partial charge < -0.3 is 15.2 Å². The zero-order valence-electron chi connectivity index (χ0n) is 14.6. The lowest BCUT2D eigenvalue weighted by atomic mass is 10.1. The maximum atomic E-state index is 13.2. The van der Waals surface area contributed by atoms with E-state index in [2.05, 4.69) is 5.32 Å². The van der Waals surface area contributed by atoms with Crippen molar-refractivity contribution in [3.8, 4) is 5.75 Å². The Kier molecular flexibility index (Phi) is 6.39. The number of rotatable bonds is 7. The van der Waals surface area contributed by atoms with E-state index in [0.717, 1.165) is 11.3 Å². The molecule has 7 heteroatoms. The van der Waals surface area contributed by atoms with Crippen molar-refractivity contribution in [3.05, 3.63) is 93.2 Å². The molecule has 0 amide bonds. The third-order valence-electron chi connectivity index (χ3n) is 4.04. The highest BCUT2D eigenvalue weighted by atomic mass is 35.5. The molecular formula is C21H16Cl2FNO3. The van der Waals surface area contributed by atoms with Crippen LogP contribution >= 0.6 is 23.2 Å². The summed E-state index contributed by atoms with van der Waals surface area (Å²) in [7, 11) is 0. The molecule has 2 N–H and O–H groups in total. The number of carboxylic acids is 1. The van der Waals surface area contributed by atoms with Crippen LogP contribution in [-0.2, 0) is 13.2 Å². The normalized spacial score (nSPS) is 10.5. The first-order valence-corrected chi connectivity index (χ1v) is 9.10. The average molecular weight is 420 g/mol. The molecule has 144 valence electrons. The number of aromatic carboxylic acids is 1. The van der Waals surface area contributed by atoms with Gasteiger partial charge in [-0.05, 0) is 54.6 Å². The Labute approximate surface area is 171 Å². The van der Waals surface area contributed by atoms with E-state index in [4.69, 9.17) is 33.0 Å². The van der Waals surface area contributed by atoms with Gasteiger partial charge in [0.1, 0.15) is 18.2 Å². The molecule has 0 aliphatic carbocycles. The number of benzene rings is 3. The second kappa shape index (κ2) is 8.95. The second-order valence-electron chi connectivity index (χ2n) is 6.01. The molecule has 0 fully saturated rings. The second-order valence-corrected chi connectivity index (χ2v) is 6.86. The summed E-state index contributed by atoms with van der Waals surface area (Å²) < 4.78 is 19.0. The molecule has 0 aliphatic rings. The number of nitrogens with one attached hydrogen (secondary N) is 1. The molecule has 0 heterocycles. The number of anilines is 1. The lowest BCUT2D eigenvalue weighted by molar-refractivity contribution is 0.0697. The monoisotopic (exact) mass is 419 g/mol. The molecule has 0 atom stereocenters. The van der Waals surface area contributed by atoms with E-state index in [1.807, 2.05) is 0 Å². The summed E-state index contributed by atoms with van der Waals surface area (Å²) in [6.45, 7) is 0.598. The van der Waals surface area contributed by atoms with Crippen molar-refractivity contribution in [2.75, 3.05) is 5.32 Å². The minimum Gasteiger partial charge on any atom is -0.488 e. The van der Waals surface area contributed by atoms with Crippen LogP contribution in [-0.4, -0.2) is 11.1 Å². The topological polar surface area (TPSA) is 58.6 Å². The highest BCUT2D eigenvalue weighted by Gasteiger charge is 2.09. The van der Waals surface area contributed by atoms with Gasteiger partial charge in [0, 0.05) is 28.4 Å². The minimum atomic E-state index is -0.975. The van der Waals surface area contributed by atoms with E-state index in [0.29, 0.717) is 27.9 Å². The molecule has 0 saturated carbocycles. The molecule has 0 saturated heterocycles. The summed E-state index contributed by atoms with van der Waals surface area (Å²) >= 11 is 12.1. The van der Waals surface area contributed by atoms with Crippen LogP contribution < -0.4 is 10.1 Å². The summed E-state index contributed by atoms with van der Waals surface area (Å²) in [4.78, 5) is 10.9. The lowest BCUT2D eigenvalue weighted by Crippen LogP contribution is -2.04. The van der Waals surface area contributed by atoms with Crippen molar-refractivity contribution in [2.45, 2.75) is 13.2 Å². The van der Waals surface area contributed by atoms with Gasteiger partial charge in [-0.3, -0.25) is 0 Å². The number of halogens is 3. The van der Waals surface area contributed by atoms with Gasteiger partial charge in [0.05, 0.1) is 10.6 Å². The number of carboxylic acid groups (broad SMARTS) is 1. The number of ether oxygens (including phenoxy) is 1. The quantitative estimate of drug-likeness (QED) is 0.491. The maximum absolute atomic E-state index is 13.2. The first kappa shape index (κ1) is 20.0. The van der Waals surface area contributed by atoms with Crippen LogP contribution in [0.2, 0.25) is 10.0 Å². The Morgan fingerprint density at radius 1 is 1.00 bits per heavy atom. The Bertz CT molecular complexity index is 993. The number of carbonyl (C=O) groups is 1. The van der Waals surface area contributed by atoms with Gasteiger partial charge in [0.15, 0.2) is 0 Å². The number of hydrogen-bond acceptors (Lipinski definition) is 3. The first-order chi connectivity index (χ1) is 13.4. The van der Waals surface area contributed by atoms with E-state index in [-0.39, 0.29) is 12.2 Å². The molecule has 28 heavy (non-hydrogen) atoms. The van der Waals surface area contributed by atoms with E-state index in [1.165, 1.54) is 24.3 Å². The van der Waals surface area contributed by atoms with E-state index >= 15 is 0 Å². The standard InChI is InChI=1S/C21H16Cl2FNO3/c22-16-4-8-20(28-12-14-1-5-17(24)10-19(14)23)15(9-16)11-25-18-6-2-13(3-7-18)21(26)27/h1-10,25H,11-12H2,(H,26,27). The third kappa shape index (κ3) is 5.15. The minimum absolute atomic E-state index is 0.182. The van der Waals surface area contributed by atoms with Crippen LogP contribution in [0.1, 0.15) is 21.5 Å². The molecule has 0 spiro atoms. The van der Waals surface area contributed by atoms with E-state index in [9.17, 15) is 9.18 Å². The molecule has 4 nitrogen and oxygen atoms in total. The summed E-state index contributed by atoms with van der Waals surface area (Å²) in [5, 5.41) is 13.0. The zero-order valence-corrected chi connectivity index (χ0v) is 16.1. The van der Waals surface area contributed by atoms with Crippen molar-refractivity contribution in [2.24, 2.45) is 0 Å². The van der Waals surface area contributed by atoms with Gasteiger partial charge in [-0.15, -0.1) is 0 Å². The maximum Gasteiger partial charge on any atom is 0.335 e. The summed E-state index contributed by atoms with van der Waals surface area (Å²) in [5.74, 6) is -0.768. The van der Waals surface area contributed by atoms with Crippen LogP contribution in [0.15, 0.2) is 60.7 Å². The van der Waals surface area contributed by atoms with Gasteiger partial charge in [0.2, 0.25) is 0 Å². The van der Waals surface area contributed by atoms with Gasteiger partial charge in [-0.1, -0.05) is 29.3 Å². The largest absolute Gasteiger partial charge is 0.488 e. The number of hydrogen-bond donors (Lipinski definition) is 2. The molecule has 3 aromatic carbocycles. The van der Waals surface area contributed by atoms with Crippen molar-refractivity contribution in [1.29, 1.82) is 0 Å². The zero-order chi connectivity index (χ0) is 20.1. The lowest BCUT2D eigenvalue weighted by Gasteiger charge is -2.14. The van der Waals surface area contributed by atoms with Crippen LogP contribution in [0.25, 0.3) is 0 Å². The highest BCUT2D eigenvalue weighted by Crippen LogP contribution is 2.26. The van der Waals surface area contributed by atoms with Gasteiger partial charge in [-0.2, -0.15) is 0 Å². The predicted molar refractivity (Wildman–Crippen MR) is 108 cm³/mol. The fourth-order valence-electron chi connectivity index (χ4n) is 2.55. The summed E-state index contributed by atoms with van der Waals surface area (Å²) in [5.41, 5.74) is 2.46. The third-order valence-corrected chi connectivity index (χ3v) is 4.62. The van der Waals surface area contributed by atoms with E-state index in [1.54, 1.807) is 36.4 Å². The van der Waals surface area contributed by atoms with Crippen molar-refractivity contribution in [3.63, 3.8) is 0 Å². The summed E-state index contributed by atoms with van der Waals surface area (Å²) in [6.07, 6.45) is 0. The smallest absolute Gasteiger partial charge is 0.335 e. The molecule has 3 rings (SSSR count). The predicted octanol–water partition coefficient (Wildman–Crippen LogP) is 6.02. The Morgan fingerprint density at radius 3 is 2.43 bits per heavy atom. The fraction of sp³-hybridized carbons (Fsp3) is 0.0952. The molecular weight excluding hydrogens is 404 g/mol. The Morgan fingerprint density at radius 2 is 1.75 bits per heavy atom. The van der Waals surface area contributed by atoms with Crippen molar-refractivity contribution in [1.82, 2.24) is 0 Å². The van der Waals surface area contributed by atoms with Crippen LogP contribution in [0.3, 0.4) is 0 Å². The molecule has 0 aliphatic heterocycles. The Hall–Kier alpha value is -2.76. The van der Waals surface area contributed by atoms with Gasteiger partial charge >= 0.3 is 5.97 Å². The van der Waals surface area contributed by atoms with E-state index < -0.39 is 11.8 Å². The average Bonchev–Trinajstić information content (AvgIpc) is 2.67. The van der Waals surface area contributed by atoms with Gasteiger partial charge in [0.25, 0.3) is 0 Å². The first-order valence-electron chi connectivity index (χ1n) is 8.35.